The topological polar surface area (TPSA) is 54.0 Å². The highest BCUT2D eigenvalue weighted by Gasteiger charge is 2.24. The summed E-state index contributed by atoms with van der Waals surface area (Å²) in [6.45, 7) is 0. The summed E-state index contributed by atoms with van der Waals surface area (Å²) < 4.78 is 18.6. The van der Waals surface area contributed by atoms with E-state index in [1.165, 1.54) is 30.3 Å². The summed E-state index contributed by atoms with van der Waals surface area (Å²) in [4.78, 5) is 12.0. The van der Waals surface area contributed by atoms with Gasteiger partial charge in [-0.05, 0) is 45.8 Å². The largest absolute Gasteiger partial charge is 0.446 e. The molecule has 1 unspecified atom stereocenters. The number of carbonyl (C=O) groups excluding carboxylic acids is 1. The molecule has 2 aromatic rings. The monoisotopic (exact) mass is 307 g/mol. The molecule has 0 saturated heterocycles. The molecule has 0 spiro atoms. The standard InChI is InChI=1S/C13H7BrFNO2/c14-12-5-4-11(18-12)13(17)10(7-16)8-2-1-3-9(15)6-8/h1-6,10H. The number of hydrogen-bond acceptors (Lipinski definition) is 3. The van der Waals surface area contributed by atoms with E-state index in [9.17, 15) is 9.18 Å². The van der Waals surface area contributed by atoms with Crippen LogP contribution in [0, 0.1) is 17.1 Å². The van der Waals surface area contributed by atoms with Crippen LogP contribution in [0.4, 0.5) is 4.39 Å². The van der Waals surface area contributed by atoms with E-state index in [1.54, 1.807) is 6.07 Å². The number of rotatable bonds is 3. The van der Waals surface area contributed by atoms with E-state index in [-0.39, 0.29) is 5.76 Å². The van der Waals surface area contributed by atoms with Gasteiger partial charge in [0.2, 0.25) is 5.78 Å². The summed E-state index contributed by atoms with van der Waals surface area (Å²) in [5.41, 5.74) is 0.315. The van der Waals surface area contributed by atoms with Crippen LogP contribution in [0.15, 0.2) is 45.5 Å². The molecule has 3 nitrogen and oxygen atoms in total. The Kier molecular flexibility index (Phi) is 3.58. The van der Waals surface area contributed by atoms with E-state index in [2.05, 4.69) is 15.9 Å². The molecular formula is C13H7BrFNO2. The van der Waals surface area contributed by atoms with Gasteiger partial charge in [-0.2, -0.15) is 5.26 Å². The lowest BCUT2D eigenvalue weighted by Gasteiger charge is -2.06. The molecule has 0 bridgehead atoms. The van der Waals surface area contributed by atoms with Crippen molar-refractivity contribution in [1.82, 2.24) is 0 Å². The van der Waals surface area contributed by atoms with Gasteiger partial charge in [-0.1, -0.05) is 12.1 Å². The Hall–Kier alpha value is -1.93. The smallest absolute Gasteiger partial charge is 0.219 e. The summed E-state index contributed by atoms with van der Waals surface area (Å²) in [5.74, 6) is -1.98. The number of carbonyl (C=O) groups is 1. The van der Waals surface area contributed by atoms with Gasteiger partial charge in [-0.25, -0.2) is 4.39 Å². The van der Waals surface area contributed by atoms with E-state index in [4.69, 9.17) is 9.68 Å². The molecule has 0 saturated carbocycles. The van der Waals surface area contributed by atoms with Gasteiger partial charge in [0.25, 0.3) is 0 Å². The predicted molar refractivity (Wildman–Crippen MR) is 65.5 cm³/mol. The molecular weight excluding hydrogens is 301 g/mol. The number of benzene rings is 1. The number of hydrogen-bond donors (Lipinski definition) is 0. The minimum absolute atomic E-state index is 0.0673. The van der Waals surface area contributed by atoms with Crippen LogP contribution < -0.4 is 0 Å². The summed E-state index contributed by atoms with van der Waals surface area (Å²) in [6.07, 6.45) is 0. The fourth-order valence-electron chi connectivity index (χ4n) is 1.56. The van der Waals surface area contributed by atoms with Crippen molar-refractivity contribution in [3.05, 3.63) is 58.2 Å². The molecule has 0 N–H and O–H groups in total. The zero-order chi connectivity index (χ0) is 13.1. The van der Waals surface area contributed by atoms with E-state index in [1.807, 2.05) is 6.07 Å². The Morgan fingerprint density at radius 3 is 2.72 bits per heavy atom. The van der Waals surface area contributed by atoms with Crippen LogP contribution in [0.5, 0.6) is 0 Å². The first-order valence-corrected chi connectivity index (χ1v) is 5.86. The number of Topliss-reactive ketones (excluding diaryl/α,β-unsaturated/α-hetero) is 1. The fraction of sp³-hybridized carbons (Fsp3) is 0.0769. The van der Waals surface area contributed by atoms with Crippen LogP contribution >= 0.6 is 15.9 Å². The van der Waals surface area contributed by atoms with Crippen LogP contribution in [0.1, 0.15) is 22.0 Å². The van der Waals surface area contributed by atoms with Gasteiger partial charge in [0, 0.05) is 0 Å². The molecule has 2 rings (SSSR count). The molecule has 90 valence electrons. The van der Waals surface area contributed by atoms with Crippen molar-refractivity contribution in [1.29, 1.82) is 5.26 Å². The average Bonchev–Trinajstić information content (AvgIpc) is 2.77. The summed E-state index contributed by atoms with van der Waals surface area (Å²) in [7, 11) is 0. The summed E-state index contributed by atoms with van der Waals surface area (Å²) >= 11 is 3.08. The quantitative estimate of drug-likeness (QED) is 0.813. The molecule has 0 amide bonds. The minimum Gasteiger partial charge on any atom is -0.446 e. The second-order valence-electron chi connectivity index (χ2n) is 3.59. The fourth-order valence-corrected chi connectivity index (χ4v) is 1.87. The number of ketones is 1. The Balaban J connectivity index is 2.35. The Morgan fingerprint density at radius 2 is 2.17 bits per heavy atom. The predicted octanol–water partition coefficient (Wildman–Crippen LogP) is 3.67. The van der Waals surface area contributed by atoms with Crippen LogP contribution in [-0.4, -0.2) is 5.78 Å². The molecule has 0 aliphatic heterocycles. The molecule has 18 heavy (non-hydrogen) atoms. The van der Waals surface area contributed by atoms with Gasteiger partial charge < -0.3 is 4.42 Å². The van der Waals surface area contributed by atoms with E-state index in [0.717, 1.165) is 0 Å². The Labute approximate surface area is 111 Å². The van der Waals surface area contributed by atoms with Crippen LogP contribution in [-0.2, 0) is 0 Å². The maximum atomic E-state index is 13.1. The van der Waals surface area contributed by atoms with Gasteiger partial charge in [0.05, 0.1) is 6.07 Å². The van der Waals surface area contributed by atoms with Crippen molar-refractivity contribution < 1.29 is 13.6 Å². The summed E-state index contributed by atoms with van der Waals surface area (Å²) in [5, 5.41) is 9.06. The SMILES string of the molecule is N#CC(C(=O)c1ccc(Br)o1)c1cccc(F)c1. The van der Waals surface area contributed by atoms with Crippen molar-refractivity contribution in [2.75, 3.05) is 0 Å². The maximum Gasteiger partial charge on any atom is 0.219 e. The highest BCUT2D eigenvalue weighted by atomic mass is 79.9. The molecule has 0 aliphatic rings. The van der Waals surface area contributed by atoms with Crippen molar-refractivity contribution >= 4 is 21.7 Å². The molecule has 1 aromatic carbocycles. The van der Waals surface area contributed by atoms with Crippen LogP contribution in [0.25, 0.3) is 0 Å². The zero-order valence-electron chi connectivity index (χ0n) is 9.06. The Bertz CT molecular complexity index is 630. The van der Waals surface area contributed by atoms with Gasteiger partial charge in [-0.3, -0.25) is 4.79 Å². The highest BCUT2D eigenvalue weighted by Crippen LogP contribution is 2.23. The lowest BCUT2D eigenvalue weighted by Crippen LogP contribution is -2.10. The average molecular weight is 308 g/mol. The van der Waals surface area contributed by atoms with Gasteiger partial charge >= 0.3 is 0 Å². The van der Waals surface area contributed by atoms with Gasteiger partial charge in [0.15, 0.2) is 10.4 Å². The third-order valence-electron chi connectivity index (χ3n) is 2.39. The second kappa shape index (κ2) is 5.15. The lowest BCUT2D eigenvalue weighted by molar-refractivity contribution is 0.0950. The first-order valence-electron chi connectivity index (χ1n) is 5.06. The van der Waals surface area contributed by atoms with Gasteiger partial charge in [0.1, 0.15) is 11.7 Å². The van der Waals surface area contributed by atoms with Gasteiger partial charge in [-0.15, -0.1) is 0 Å². The van der Waals surface area contributed by atoms with E-state index in [0.29, 0.717) is 10.2 Å². The van der Waals surface area contributed by atoms with Crippen molar-refractivity contribution in [3.8, 4) is 6.07 Å². The molecule has 0 fully saturated rings. The minimum atomic E-state index is -1.07. The van der Waals surface area contributed by atoms with Crippen LogP contribution in [0.2, 0.25) is 0 Å². The molecule has 1 atom stereocenters. The van der Waals surface area contributed by atoms with Crippen molar-refractivity contribution in [3.63, 3.8) is 0 Å². The van der Waals surface area contributed by atoms with Crippen molar-refractivity contribution in [2.45, 2.75) is 5.92 Å². The molecule has 5 heteroatoms. The number of nitriles is 1. The van der Waals surface area contributed by atoms with E-state index >= 15 is 0 Å². The highest BCUT2D eigenvalue weighted by molar-refractivity contribution is 9.10. The zero-order valence-corrected chi connectivity index (χ0v) is 10.6. The lowest BCUT2D eigenvalue weighted by atomic mass is 9.95. The molecule has 0 aliphatic carbocycles. The van der Waals surface area contributed by atoms with E-state index < -0.39 is 17.5 Å². The maximum absolute atomic E-state index is 13.1. The first kappa shape index (κ1) is 12.5. The molecule has 1 heterocycles. The second-order valence-corrected chi connectivity index (χ2v) is 4.37. The normalized spacial score (nSPS) is 11.8. The first-order chi connectivity index (χ1) is 8.61. The third kappa shape index (κ3) is 2.49. The molecule has 1 aromatic heterocycles. The Morgan fingerprint density at radius 1 is 1.39 bits per heavy atom. The number of halogens is 2. The third-order valence-corrected chi connectivity index (χ3v) is 2.82. The number of furan rings is 1. The van der Waals surface area contributed by atoms with Crippen LogP contribution in [0.3, 0.4) is 0 Å². The van der Waals surface area contributed by atoms with Crippen molar-refractivity contribution in [2.24, 2.45) is 0 Å². The molecule has 0 radical (unpaired) electrons. The number of nitrogens with zero attached hydrogens (tertiary/aromatic N) is 1. The summed E-state index contributed by atoms with van der Waals surface area (Å²) in [6, 6.07) is 10.3.